The fourth-order valence-electron chi connectivity index (χ4n) is 4.39. The molecule has 2 aromatic carbocycles. The lowest BCUT2D eigenvalue weighted by atomic mass is 9.93. The van der Waals surface area contributed by atoms with Gasteiger partial charge in [0.05, 0.1) is 27.1 Å². The van der Waals surface area contributed by atoms with Gasteiger partial charge < -0.3 is 24.3 Å². The molecule has 1 atom stereocenters. The topological polar surface area (TPSA) is 103 Å². The number of rotatable bonds is 7. The fraction of sp³-hybridized carbons (Fsp3) is 0.308. The molecule has 0 fully saturated rings. The number of nitrogens with zero attached hydrogens (tertiary/aromatic N) is 3. The number of methoxy groups -OCH3 is 2. The summed E-state index contributed by atoms with van der Waals surface area (Å²) in [6.07, 6.45) is 1.40. The SMILES string of the molecule is COC(=O)c1ncn2c1C(=O)N(Cc1cccc(C)c1)[C@@](C)(C(=O)NCc1ccccc1OC)C2. The van der Waals surface area contributed by atoms with Crippen LogP contribution >= 0.6 is 0 Å². The van der Waals surface area contributed by atoms with E-state index < -0.39 is 17.4 Å². The number of hydrogen-bond donors (Lipinski definition) is 1. The van der Waals surface area contributed by atoms with Gasteiger partial charge >= 0.3 is 5.97 Å². The van der Waals surface area contributed by atoms with Crippen LogP contribution in [-0.2, 0) is 29.2 Å². The molecule has 0 radical (unpaired) electrons. The average Bonchev–Trinajstić information content (AvgIpc) is 3.28. The Hall–Kier alpha value is -4.14. The molecular weight excluding hydrogens is 448 g/mol. The number of esters is 1. The van der Waals surface area contributed by atoms with E-state index >= 15 is 0 Å². The first-order chi connectivity index (χ1) is 16.8. The second-order valence-corrected chi connectivity index (χ2v) is 8.71. The van der Waals surface area contributed by atoms with E-state index in [1.807, 2.05) is 55.5 Å². The van der Waals surface area contributed by atoms with Gasteiger partial charge in [0, 0.05) is 18.7 Å². The van der Waals surface area contributed by atoms with Crippen molar-refractivity contribution in [3.63, 3.8) is 0 Å². The predicted octanol–water partition coefficient (Wildman–Crippen LogP) is 2.72. The van der Waals surface area contributed by atoms with Crippen LogP contribution in [0.3, 0.4) is 0 Å². The highest BCUT2D eigenvalue weighted by molar-refractivity contribution is 6.06. The summed E-state index contributed by atoms with van der Waals surface area (Å²) in [7, 11) is 2.81. The lowest BCUT2D eigenvalue weighted by molar-refractivity contribution is -0.133. The molecule has 0 bridgehead atoms. The number of carbonyl (C=O) groups is 3. The number of fused-ring (bicyclic) bond motifs is 1. The summed E-state index contributed by atoms with van der Waals surface area (Å²) in [5.41, 5.74) is 1.52. The minimum absolute atomic E-state index is 0.0665. The number of amides is 2. The van der Waals surface area contributed by atoms with Gasteiger partial charge in [-0.1, -0.05) is 48.0 Å². The zero-order valence-electron chi connectivity index (χ0n) is 20.2. The van der Waals surface area contributed by atoms with Gasteiger partial charge in [0.1, 0.15) is 17.0 Å². The first kappa shape index (κ1) is 24.0. The predicted molar refractivity (Wildman–Crippen MR) is 128 cm³/mol. The van der Waals surface area contributed by atoms with Gasteiger partial charge in [0.2, 0.25) is 5.91 Å². The van der Waals surface area contributed by atoms with Crippen molar-refractivity contribution in [1.82, 2.24) is 19.8 Å². The zero-order valence-corrected chi connectivity index (χ0v) is 20.2. The summed E-state index contributed by atoms with van der Waals surface area (Å²) in [5.74, 6) is -0.838. The van der Waals surface area contributed by atoms with Crippen LogP contribution < -0.4 is 10.1 Å². The van der Waals surface area contributed by atoms with Crippen molar-refractivity contribution in [2.45, 2.75) is 39.0 Å². The molecule has 9 heteroatoms. The van der Waals surface area contributed by atoms with Crippen molar-refractivity contribution in [3.05, 3.63) is 82.9 Å². The van der Waals surface area contributed by atoms with Crippen molar-refractivity contribution in [3.8, 4) is 5.75 Å². The van der Waals surface area contributed by atoms with E-state index in [0.29, 0.717) is 5.75 Å². The highest BCUT2D eigenvalue weighted by Crippen LogP contribution is 2.31. The monoisotopic (exact) mass is 476 g/mol. The second kappa shape index (κ2) is 9.61. The van der Waals surface area contributed by atoms with Crippen molar-refractivity contribution in [2.24, 2.45) is 0 Å². The smallest absolute Gasteiger partial charge is 0.359 e. The lowest BCUT2D eigenvalue weighted by Crippen LogP contribution is -2.63. The molecule has 0 saturated heterocycles. The molecule has 0 unspecified atom stereocenters. The van der Waals surface area contributed by atoms with Crippen molar-refractivity contribution in [2.75, 3.05) is 14.2 Å². The molecule has 1 aliphatic heterocycles. The van der Waals surface area contributed by atoms with Gasteiger partial charge in [0.25, 0.3) is 5.91 Å². The minimum atomic E-state index is -1.25. The number of aromatic nitrogens is 2. The molecule has 1 aliphatic rings. The first-order valence-electron chi connectivity index (χ1n) is 11.2. The van der Waals surface area contributed by atoms with Crippen LogP contribution in [0.2, 0.25) is 0 Å². The van der Waals surface area contributed by atoms with Gasteiger partial charge in [-0.25, -0.2) is 9.78 Å². The quantitative estimate of drug-likeness (QED) is 0.526. The molecule has 2 amide bonds. The van der Waals surface area contributed by atoms with E-state index in [1.165, 1.54) is 18.3 Å². The van der Waals surface area contributed by atoms with Gasteiger partial charge in [0.15, 0.2) is 5.69 Å². The van der Waals surface area contributed by atoms with E-state index in [4.69, 9.17) is 9.47 Å². The number of nitrogens with one attached hydrogen (secondary N) is 1. The number of ether oxygens (including phenoxy) is 2. The molecule has 9 nitrogen and oxygen atoms in total. The molecule has 0 aliphatic carbocycles. The molecule has 3 aromatic rings. The summed E-state index contributed by atoms with van der Waals surface area (Å²) in [4.78, 5) is 45.3. The van der Waals surface area contributed by atoms with Crippen LogP contribution in [0.1, 0.15) is 44.6 Å². The van der Waals surface area contributed by atoms with Crippen molar-refractivity contribution in [1.29, 1.82) is 0 Å². The maximum absolute atomic E-state index is 13.8. The molecular formula is C26H28N4O5. The van der Waals surface area contributed by atoms with Gasteiger partial charge in [-0.3, -0.25) is 9.59 Å². The molecule has 182 valence electrons. The minimum Gasteiger partial charge on any atom is -0.496 e. The van der Waals surface area contributed by atoms with Gasteiger partial charge in [-0.2, -0.15) is 0 Å². The first-order valence-corrected chi connectivity index (χ1v) is 11.2. The third kappa shape index (κ3) is 4.49. The van der Waals surface area contributed by atoms with Gasteiger partial charge in [-0.05, 0) is 25.5 Å². The van der Waals surface area contributed by atoms with Crippen molar-refractivity contribution < 1.29 is 23.9 Å². The number of carbonyl (C=O) groups excluding carboxylic acids is 3. The summed E-state index contributed by atoms with van der Waals surface area (Å²) in [6.45, 7) is 4.23. The second-order valence-electron chi connectivity index (χ2n) is 8.71. The van der Waals surface area contributed by atoms with Gasteiger partial charge in [-0.15, -0.1) is 0 Å². The van der Waals surface area contributed by atoms with Crippen LogP contribution in [0.5, 0.6) is 5.75 Å². The average molecular weight is 477 g/mol. The van der Waals surface area contributed by atoms with E-state index in [0.717, 1.165) is 16.7 Å². The molecule has 2 heterocycles. The Morgan fingerprint density at radius 1 is 1.14 bits per heavy atom. The third-order valence-electron chi connectivity index (χ3n) is 6.28. The third-order valence-corrected chi connectivity index (χ3v) is 6.28. The van der Waals surface area contributed by atoms with E-state index in [1.54, 1.807) is 18.6 Å². The Balaban J connectivity index is 1.70. The Labute approximate surface area is 203 Å². The van der Waals surface area contributed by atoms with Crippen LogP contribution in [-0.4, -0.2) is 52.0 Å². The fourth-order valence-corrected chi connectivity index (χ4v) is 4.39. The number of para-hydroxylation sites is 1. The maximum atomic E-state index is 13.8. The van der Waals surface area contributed by atoms with Crippen LogP contribution in [0, 0.1) is 6.92 Å². The number of hydrogen-bond acceptors (Lipinski definition) is 6. The summed E-state index contributed by atoms with van der Waals surface area (Å²) < 4.78 is 11.7. The maximum Gasteiger partial charge on any atom is 0.359 e. The van der Waals surface area contributed by atoms with Crippen LogP contribution in [0.4, 0.5) is 0 Å². The summed E-state index contributed by atoms with van der Waals surface area (Å²) >= 11 is 0. The number of imidazole rings is 1. The molecule has 1 aromatic heterocycles. The lowest BCUT2D eigenvalue weighted by Gasteiger charge is -2.43. The highest BCUT2D eigenvalue weighted by atomic mass is 16.5. The Kier molecular flexibility index (Phi) is 6.59. The summed E-state index contributed by atoms with van der Waals surface area (Å²) in [5, 5.41) is 2.96. The highest BCUT2D eigenvalue weighted by Gasteiger charge is 2.49. The Morgan fingerprint density at radius 3 is 2.63 bits per heavy atom. The molecule has 1 N–H and O–H groups in total. The van der Waals surface area contributed by atoms with Crippen LogP contribution in [0.25, 0.3) is 0 Å². The number of benzene rings is 2. The Morgan fingerprint density at radius 2 is 1.91 bits per heavy atom. The standard InChI is InChI=1S/C26H28N4O5/c1-17-8-7-9-18(12-17)14-30-23(31)22-21(24(32)35-4)28-16-29(22)15-26(30,2)25(33)27-13-19-10-5-6-11-20(19)34-3/h5-12,16H,13-15H2,1-4H3,(H,27,33)/t26-/m1/s1. The zero-order chi connectivity index (χ0) is 25.2. The Bertz CT molecular complexity index is 1280. The van der Waals surface area contributed by atoms with Crippen LogP contribution in [0.15, 0.2) is 54.9 Å². The van der Waals surface area contributed by atoms with E-state index in [2.05, 4.69) is 10.3 Å². The van der Waals surface area contributed by atoms with E-state index in [9.17, 15) is 14.4 Å². The molecule has 0 spiro atoms. The largest absolute Gasteiger partial charge is 0.496 e. The number of aryl methyl sites for hydroxylation is 1. The van der Waals surface area contributed by atoms with Crippen molar-refractivity contribution >= 4 is 17.8 Å². The molecule has 4 rings (SSSR count). The molecule has 35 heavy (non-hydrogen) atoms. The summed E-state index contributed by atoms with van der Waals surface area (Å²) in [6, 6.07) is 15.2. The van der Waals surface area contributed by atoms with E-state index in [-0.39, 0.29) is 36.9 Å². The molecule has 0 saturated carbocycles. The normalized spacial score (nSPS) is 17.0.